The Morgan fingerprint density at radius 2 is 1.71 bits per heavy atom. The summed E-state index contributed by atoms with van der Waals surface area (Å²) in [6.07, 6.45) is 0. The van der Waals surface area contributed by atoms with E-state index in [4.69, 9.17) is 16.7 Å². The van der Waals surface area contributed by atoms with Crippen molar-refractivity contribution in [3.05, 3.63) is 59.1 Å². The monoisotopic (exact) mass is 247 g/mol. The van der Waals surface area contributed by atoms with Gasteiger partial charge < -0.3 is 10.4 Å². The molecule has 1 amide bonds. The maximum Gasteiger partial charge on any atom is 0.255 e. The smallest absolute Gasteiger partial charge is 0.255 e. The number of hydrogen-bond donors (Lipinski definition) is 2. The van der Waals surface area contributed by atoms with Crippen molar-refractivity contribution in [3.8, 4) is 5.75 Å². The van der Waals surface area contributed by atoms with Crippen molar-refractivity contribution < 1.29 is 9.90 Å². The first-order valence-corrected chi connectivity index (χ1v) is 5.39. The molecule has 0 radical (unpaired) electrons. The maximum atomic E-state index is 11.8. The number of nitrogens with one attached hydrogen (secondary N) is 1. The average Bonchev–Trinajstić information content (AvgIpc) is 2.33. The van der Waals surface area contributed by atoms with Crippen LogP contribution in [0, 0.1) is 0 Å². The number of carbonyl (C=O) groups is 1. The van der Waals surface area contributed by atoms with Gasteiger partial charge >= 0.3 is 0 Å². The van der Waals surface area contributed by atoms with Gasteiger partial charge in [0.25, 0.3) is 5.91 Å². The number of para-hydroxylation sites is 1. The van der Waals surface area contributed by atoms with E-state index >= 15 is 0 Å². The second-order valence-electron chi connectivity index (χ2n) is 3.48. The van der Waals surface area contributed by atoms with Gasteiger partial charge in [0.15, 0.2) is 0 Å². The second-order valence-corrected chi connectivity index (χ2v) is 3.89. The van der Waals surface area contributed by atoms with E-state index in [1.165, 1.54) is 12.1 Å². The number of hydrogen-bond acceptors (Lipinski definition) is 2. The van der Waals surface area contributed by atoms with Crippen molar-refractivity contribution in [2.24, 2.45) is 0 Å². The lowest BCUT2D eigenvalue weighted by Gasteiger charge is -2.06. The van der Waals surface area contributed by atoms with Gasteiger partial charge in [0, 0.05) is 5.56 Å². The second kappa shape index (κ2) is 4.89. The lowest BCUT2D eigenvalue weighted by atomic mass is 10.2. The molecule has 0 aliphatic carbocycles. The Balaban J connectivity index is 2.17. The zero-order chi connectivity index (χ0) is 12.3. The molecule has 0 bridgehead atoms. The highest BCUT2D eigenvalue weighted by Gasteiger charge is 2.07. The molecule has 2 aromatic rings. The number of halogens is 1. The molecule has 0 aliphatic rings. The van der Waals surface area contributed by atoms with Crippen LogP contribution in [0.2, 0.25) is 5.02 Å². The van der Waals surface area contributed by atoms with Crippen LogP contribution in [0.15, 0.2) is 48.5 Å². The molecule has 0 saturated carbocycles. The van der Waals surface area contributed by atoms with Gasteiger partial charge in [0.1, 0.15) is 5.75 Å². The molecule has 0 aliphatic heterocycles. The van der Waals surface area contributed by atoms with Crippen LogP contribution in [-0.2, 0) is 0 Å². The molecule has 3 nitrogen and oxygen atoms in total. The molecule has 4 heteroatoms. The highest BCUT2D eigenvalue weighted by atomic mass is 35.5. The molecule has 0 saturated heterocycles. The van der Waals surface area contributed by atoms with Crippen molar-refractivity contribution >= 4 is 23.2 Å². The Labute approximate surface area is 104 Å². The Kier molecular flexibility index (Phi) is 3.30. The predicted molar refractivity (Wildman–Crippen MR) is 67.5 cm³/mol. The summed E-state index contributed by atoms with van der Waals surface area (Å²) in [5.41, 5.74) is 1.02. The number of rotatable bonds is 2. The Morgan fingerprint density at radius 1 is 1.06 bits per heavy atom. The van der Waals surface area contributed by atoms with Gasteiger partial charge in [-0.25, -0.2) is 0 Å². The minimum atomic E-state index is -0.266. The lowest BCUT2D eigenvalue weighted by molar-refractivity contribution is 0.102. The summed E-state index contributed by atoms with van der Waals surface area (Å²) in [4.78, 5) is 11.8. The fraction of sp³-hybridized carbons (Fsp3) is 0. The van der Waals surface area contributed by atoms with E-state index in [-0.39, 0.29) is 11.7 Å². The van der Waals surface area contributed by atoms with Crippen molar-refractivity contribution in [1.29, 1.82) is 0 Å². The Bertz CT molecular complexity index is 537. The van der Waals surface area contributed by atoms with Crippen LogP contribution in [0.25, 0.3) is 0 Å². The first-order chi connectivity index (χ1) is 8.16. The summed E-state index contributed by atoms with van der Waals surface area (Å²) < 4.78 is 0. The molecular weight excluding hydrogens is 238 g/mol. The van der Waals surface area contributed by atoms with E-state index in [1.54, 1.807) is 36.4 Å². The molecule has 17 heavy (non-hydrogen) atoms. The van der Waals surface area contributed by atoms with Crippen LogP contribution in [0.3, 0.4) is 0 Å². The largest absolute Gasteiger partial charge is 0.508 e. The fourth-order valence-corrected chi connectivity index (χ4v) is 1.55. The summed E-state index contributed by atoms with van der Waals surface area (Å²) in [7, 11) is 0. The highest BCUT2D eigenvalue weighted by molar-refractivity contribution is 6.33. The standard InChI is InChI=1S/C13H10ClNO2/c14-11-3-1-2-4-12(11)15-13(17)9-5-7-10(16)8-6-9/h1-8,16H,(H,15,17). The molecule has 0 spiro atoms. The number of anilines is 1. The molecule has 0 heterocycles. The predicted octanol–water partition coefficient (Wildman–Crippen LogP) is 3.30. The van der Waals surface area contributed by atoms with E-state index in [9.17, 15) is 4.79 Å². The van der Waals surface area contributed by atoms with Crippen molar-refractivity contribution in [1.82, 2.24) is 0 Å². The zero-order valence-corrected chi connectivity index (χ0v) is 9.61. The van der Waals surface area contributed by atoms with Crippen molar-refractivity contribution in [3.63, 3.8) is 0 Å². The number of carbonyl (C=O) groups excluding carboxylic acids is 1. The minimum Gasteiger partial charge on any atom is -0.508 e. The van der Waals surface area contributed by atoms with Crippen LogP contribution >= 0.6 is 11.6 Å². The third-order valence-corrected chi connectivity index (χ3v) is 2.58. The number of benzene rings is 2. The first kappa shape index (κ1) is 11.5. The van der Waals surface area contributed by atoms with E-state index in [0.717, 1.165) is 0 Å². The Hall–Kier alpha value is -2.00. The molecule has 2 N–H and O–H groups in total. The maximum absolute atomic E-state index is 11.8. The summed E-state index contributed by atoms with van der Waals surface area (Å²) >= 11 is 5.93. The molecule has 0 atom stereocenters. The van der Waals surface area contributed by atoms with Gasteiger partial charge in [-0.15, -0.1) is 0 Å². The summed E-state index contributed by atoms with van der Waals surface area (Å²) in [6, 6.07) is 13.0. The molecule has 0 fully saturated rings. The molecule has 2 rings (SSSR count). The topological polar surface area (TPSA) is 49.3 Å². The molecule has 0 unspecified atom stereocenters. The van der Waals surface area contributed by atoms with Gasteiger partial charge in [-0.05, 0) is 36.4 Å². The lowest BCUT2D eigenvalue weighted by Crippen LogP contribution is -2.11. The van der Waals surface area contributed by atoms with Crippen LogP contribution in [0.4, 0.5) is 5.69 Å². The number of aromatic hydroxyl groups is 1. The van der Waals surface area contributed by atoms with E-state index in [2.05, 4.69) is 5.32 Å². The van der Waals surface area contributed by atoms with E-state index < -0.39 is 0 Å². The van der Waals surface area contributed by atoms with Crippen molar-refractivity contribution in [2.45, 2.75) is 0 Å². The van der Waals surface area contributed by atoms with E-state index in [1.807, 2.05) is 0 Å². The van der Waals surface area contributed by atoms with Gasteiger partial charge in [-0.1, -0.05) is 23.7 Å². The zero-order valence-electron chi connectivity index (χ0n) is 8.85. The number of amides is 1. The van der Waals surface area contributed by atoms with Gasteiger partial charge in [0.05, 0.1) is 10.7 Å². The molecule has 0 aromatic heterocycles. The Morgan fingerprint density at radius 3 is 2.35 bits per heavy atom. The normalized spacial score (nSPS) is 9.94. The van der Waals surface area contributed by atoms with Gasteiger partial charge in [-0.2, -0.15) is 0 Å². The quantitative estimate of drug-likeness (QED) is 0.856. The van der Waals surface area contributed by atoms with Gasteiger partial charge in [-0.3, -0.25) is 4.79 Å². The summed E-state index contributed by atoms with van der Waals surface area (Å²) in [5, 5.41) is 12.3. The highest BCUT2D eigenvalue weighted by Crippen LogP contribution is 2.21. The third-order valence-electron chi connectivity index (χ3n) is 2.25. The summed E-state index contributed by atoms with van der Waals surface area (Å²) in [6.45, 7) is 0. The van der Waals surface area contributed by atoms with Crippen molar-refractivity contribution in [2.75, 3.05) is 5.32 Å². The minimum absolute atomic E-state index is 0.124. The fourth-order valence-electron chi connectivity index (χ4n) is 1.37. The average molecular weight is 248 g/mol. The van der Waals surface area contributed by atoms with Crippen LogP contribution in [0.1, 0.15) is 10.4 Å². The number of phenols is 1. The first-order valence-electron chi connectivity index (χ1n) is 5.02. The molecule has 2 aromatic carbocycles. The van der Waals surface area contributed by atoms with Crippen LogP contribution < -0.4 is 5.32 Å². The van der Waals surface area contributed by atoms with Gasteiger partial charge in [0.2, 0.25) is 0 Å². The number of phenolic OH excluding ortho intramolecular Hbond substituents is 1. The van der Waals surface area contributed by atoms with E-state index in [0.29, 0.717) is 16.3 Å². The summed E-state index contributed by atoms with van der Waals surface area (Å²) in [5.74, 6) is -0.141. The third kappa shape index (κ3) is 2.77. The molecule has 86 valence electrons. The van der Waals surface area contributed by atoms with Crippen LogP contribution in [0.5, 0.6) is 5.75 Å². The van der Waals surface area contributed by atoms with Crippen LogP contribution in [-0.4, -0.2) is 11.0 Å². The SMILES string of the molecule is O=C(Nc1ccccc1Cl)c1ccc(O)cc1. The molecular formula is C13H10ClNO2.